The molecule has 116 valence electrons. The Morgan fingerprint density at radius 1 is 1.57 bits per heavy atom. The van der Waals surface area contributed by atoms with Gasteiger partial charge in [-0.05, 0) is 31.7 Å². The molecule has 1 aromatic rings. The average Bonchev–Trinajstić information content (AvgIpc) is 3.20. The Kier molecular flexibility index (Phi) is 4.32. The van der Waals surface area contributed by atoms with Crippen molar-refractivity contribution in [2.75, 3.05) is 12.3 Å². The predicted molar refractivity (Wildman–Crippen MR) is 72.9 cm³/mol. The third kappa shape index (κ3) is 4.00. The number of halogens is 4. The number of amides is 1. The van der Waals surface area contributed by atoms with Crippen molar-refractivity contribution < 1.29 is 18.0 Å². The normalized spacial score (nSPS) is 16.6. The summed E-state index contributed by atoms with van der Waals surface area (Å²) < 4.78 is 38.2. The molecule has 1 atom stereocenters. The zero-order chi connectivity index (χ0) is 15.8. The minimum Gasteiger partial charge on any atom is -0.397 e. The second-order valence-corrected chi connectivity index (χ2v) is 5.61. The SMILES string of the molecule is CC(C1CC1)N(CC(F)(F)F)C(=O)c1cc(Cl)ncc1N. The van der Waals surface area contributed by atoms with Crippen LogP contribution in [-0.4, -0.2) is 34.6 Å². The Morgan fingerprint density at radius 3 is 2.71 bits per heavy atom. The summed E-state index contributed by atoms with van der Waals surface area (Å²) in [6.07, 6.45) is -1.64. The maximum Gasteiger partial charge on any atom is 0.406 e. The van der Waals surface area contributed by atoms with Crippen molar-refractivity contribution in [1.82, 2.24) is 9.88 Å². The third-order valence-corrected chi connectivity index (χ3v) is 3.74. The van der Waals surface area contributed by atoms with E-state index in [4.69, 9.17) is 17.3 Å². The van der Waals surface area contributed by atoms with Gasteiger partial charge < -0.3 is 10.6 Å². The zero-order valence-corrected chi connectivity index (χ0v) is 12.1. The van der Waals surface area contributed by atoms with Crippen LogP contribution in [-0.2, 0) is 0 Å². The average molecular weight is 322 g/mol. The van der Waals surface area contributed by atoms with E-state index in [2.05, 4.69) is 4.98 Å². The molecule has 1 fully saturated rings. The lowest BCUT2D eigenvalue weighted by molar-refractivity contribution is -0.144. The zero-order valence-electron chi connectivity index (χ0n) is 11.3. The van der Waals surface area contributed by atoms with Crippen LogP contribution in [0.3, 0.4) is 0 Å². The second-order valence-electron chi connectivity index (χ2n) is 5.22. The molecule has 8 heteroatoms. The highest BCUT2D eigenvalue weighted by Crippen LogP contribution is 2.37. The lowest BCUT2D eigenvalue weighted by Crippen LogP contribution is -2.45. The van der Waals surface area contributed by atoms with Gasteiger partial charge in [-0.1, -0.05) is 11.6 Å². The van der Waals surface area contributed by atoms with Gasteiger partial charge in [0.2, 0.25) is 0 Å². The molecule has 0 aliphatic heterocycles. The molecule has 1 unspecified atom stereocenters. The molecule has 4 nitrogen and oxygen atoms in total. The summed E-state index contributed by atoms with van der Waals surface area (Å²) in [5, 5.41) is 0.0126. The maximum atomic E-state index is 12.7. The number of rotatable bonds is 4. The number of carbonyl (C=O) groups is 1. The first kappa shape index (κ1) is 15.9. The Bertz CT molecular complexity index is 546. The van der Waals surface area contributed by atoms with E-state index in [0.717, 1.165) is 17.7 Å². The molecular weight excluding hydrogens is 307 g/mol. The van der Waals surface area contributed by atoms with Gasteiger partial charge in [0.1, 0.15) is 11.7 Å². The standard InChI is InChI=1S/C13H15ClF3N3O/c1-7(8-2-3-8)20(6-13(15,16)17)12(21)9-4-11(14)19-5-10(9)18/h4-5,7-8H,2-3,6,18H2,1H3. The number of aromatic nitrogens is 1. The van der Waals surface area contributed by atoms with Crippen molar-refractivity contribution in [3.8, 4) is 0 Å². The Balaban J connectivity index is 2.30. The number of alkyl halides is 3. The fourth-order valence-electron chi connectivity index (χ4n) is 2.21. The lowest BCUT2D eigenvalue weighted by Gasteiger charge is -2.30. The summed E-state index contributed by atoms with van der Waals surface area (Å²) >= 11 is 5.69. The van der Waals surface area contributed by atoms with Crippen molar-refractivity contribution >= 4 is 23.2 Å². The maximum absolute atomic E-state index is 12.7. The summed E-state index contributed by atoms with van der Waals surface area (Å²) in [6, 6.07) is 0.702. The number of carbonyl (C=O) groups excluding carboxylic acids is 1. The molecule has 0 radical (unpaired) electrons. The van der Waals surface area contributed by atoms with Crippen LogP contribution in [0, 0.1) is 5.92 Å². The van der Waals surface area contributed by atoms with Gasteiger partial charge in [-0.3, -0.25) is 4.79 Å². The van der Waals surface area contributed by atoms with E-state index >= 15 is 0 Å². The van der Waals surface area contributed by atoms with Gasteiger partial charge >= 0.3 is 6.18 Å². The quantitative estimate of drug-likeness (QED) is 0.867. The number of nitrogen functional groups attached to an aromatic ring is 1. The highest BCUT2D eigenvalue weighted by molar-refractivity contribution is 6.29. The van der Waals surface area contributed by atoms with E-state index < -0.39 is 24.7 Å². The van der Waals surface area contributed by atoms with Crippen molar-refractivity contribution in [1.29, 1.82) is 0 Å². The van der Waals surface area contributed by atoms with Gasteiger partial charge in [-0.2, -0.15) is 13.2 Å². The molecule has 1 aliphatic carbocycles. The van der Waals surface area contributed by atoms with Crippen molar-refractivity contribution in [2.24, 2.45) is 5.92 Å². The largest absolute Gasteiger partial charge is 0.406 e. The van der Waals surface area contributed by atoms with E-state index in [-0.39, 0.29) is 22.3 Å². The first-order chi connectivity index (χ1) is 9.69. The van der Waals surface area contributed by atoms with Gasteiger partial charge in [0.15, 0.2) is 0 Å². The van der Waals surface area contributed by atoms with Gasteiger partial charge in [0, 0.05) is 6.04 Å². The number of hydrogen-bond donors (Lipinski definition) is 1. The summed E-state index contributed by atoms with van der Waals surface area (Å²) in [5.74, 6) is -0.664. The number of hydrogen-bond acceptors (Lipinski definition) is 3. The Labute approximate surface area is 125 Å². The van der Waals surface area contributed by atoms with Crippen LogP contribution in [0.5, 0.6) is 0 Å². The van der Waals surface area contributed by atoms with E-state index in [1.165, 1.54) is 12.3 Å². The van der Waals surface area contributed by atoms with Crippen LogP contribution in [0.4, 0.5) is 18.9 Å². The molecule has 2 rings (SSSR count). The van der Waals surface area contributed by atoms with Gasteiger partial charge in [0.05, 0.1) is 17.4 Å². The van der Waals surface area contributed by atoms with Crippen LogP contribution in [0.2, 0.25) is 5.15 Å². The molecule has 0 bridgehead atoms. The summed E-state index contributed by atoms with van der Waals surface area (Å²) in [6.45, 7) is 0.323. The highest BCUT2D eigenvalue weighted by Gasteiger charge is 2.41. The molecule has 1 amide bonds. The van der Waals surface area contributed by atoms with Gasteiger partial charge in [-0.25, -0.2) is 4.98 Å². The summed E-state index contributed by atoms with van der Waals surface area (Å²) in [4.78, 5) is 16.9. The van der Waals surface area contributed by atoms with Crippen LogP contribution in [0.25, 0.3) is 0 Å². The highest BCUT2D eigenvalue weighted by atomic mass is 35.5. The van der Waals surface area contributed by atoms with Crippen LogP contribution >= 0.6 is 11.6 Å². The molecular formula is C13H15ClF3N3O. The number of pyridine rings is 1. The van der Waals surface area contributed by atoms with E-state index in [0.29, 0.717) is 0 Å². The minimum atomic E-state index is -4.47. The molecule has 1 aromatic heterocycles. The fourth-order valence-corrected chi connectivity index (χ4v) is 2.37. The number of nitrogens with two attached hydrogens (primary N) is 1. The number of nitrogens with zero attached hydrogens (tertiary/aromatic N) is 2. The molecule has 0 saturated heterocycles. The van der Waals surface area contributed by atoms with Crippen LogP contribution < -0.4 is 5.73 Å². The van der Waals surface area contributed by atoms with Crippen LogP contribution in [0.1, 0.15) is 30.1 Å². The smallest absolute Gasteiger partial charge is 0.397 e. The van der Waals surface area contributed by atoms with Crippen molar-refractivity contribution in [2.45, 2.75) is 32.0 Å². The molecule has 1 aliphatic rings. The summed E-state index contributed by atoms with van der Waals surface area (Å²) in [7, 11) is 0. The number of anilines is 1. The van der Waals surface area contributed by atoms with Gasteiger partial charge in [-0.15, -0.1) is 0 Å². The Hall–Kier alpha value is -1.50. The van der Waals surface area contributed by atoms with E-state index in [9.17, 15) is 18.0 Å². The topological polar surface area (TPSA) is 59.2 Å². The fraction of sp³-hybridized carbons (Fsp3) is 0.538. The minimum absolute atomic E-state index is 0.0126. The molecule has 2 N–H and O–H groups in total. The first-order valence-corrected chi connectivity index (χ1v) is 6.85. The molecule has 0 spiro atoms. The van der Waals surface area contributed by atoms with Gasteiger partial charge in [0.25, 0.3) is 5.91 Å². The Morgan fingerprint density at radius 2 is 2.19 bits per heavy atom. The molecule has 0 aromatic carbocycles. The predicted octanol–water partition coefficient (Wildman–Crippen LogP) is 3.12. The molecule has 1 saturated carbocycles. The van der Waals surface area contributed by atoms with Crippen molar-refractivity contribution in [3.05, 3.63) is 23.0 Å². The summed E-state index contributed by atoms with van der Waals surface area (Å²) in [5.41, 5.74) is 5.60. The van der Waals surface area contributed by atoms with E-state index in [1.54, 1.807) is 6.92 Å². The van der Waals surface area contributed by atoms with E-state index in [1.807, 2.05) is 0 Å². The third-order valence-electron chi connectivity index (χ3n) is 3.54. The lowest BCUT2D eigenvalue weighted by atomic mass is 10.1. The van der Waals surface area contributed by atoms with Crippen molar-refractivity contribution in [3.63, 3.8) is 0 Å². The second kappa shape index (κ2) is 5.71. The van der Waals surface area contributed by atoms with Crippen LogP contribution in [0.15, 0.2) is 12.3 Å². The molecule has 1 heterocycles. The molecule has 21 heavy (non-hydrogen) atoms. The monoisotopic (exact) mass is 321 g/mol. The first-order valence-electron chi connectivity index (χ1n) is 6.48.